The summed E-state index contributed by atoms with van der Waals surface area (Å²) in [5.74, 6) is 1.58. The maximum Gasteiger partial charge on any atom is 0.395 e. The number of hydrogen-bond acceptors (Lipinski definition) is 6. The lowest BCUT2D eigenvalue weighted by Crippen LogP contribution is -2.48. The third kappa shape index (κ3) is 3.43. The Kier molecular flexibility index (Phi) is 4.52. The molecule has 0 bridgehead atoms. The first-order valence-electron chi connectivity index (χ1n) is 10.4. The van der Waals surface area contributed by atoms with Gasteiger partial charge in [0.15, 0.2) is 11.6 Å². The van der Waals surface area contributed by atoms with E-state index < -0.39 is 6.11 Å². The van der Waals surface area contributed by atoms with E-state index in [-0.39, 0.29) is 17.6 Å². The van der Waals surface area contributed by atoms with Crippen molar-refractivity contribution < 1.29 is 18.3 Å². The summed E-state index contributed by atoms with van der Waals surface area (Å²) in [6.45, 7) is 8.79. The van der Waals surface area contributed by atoms with Crippen LogP contribution in [-0.2, 0) is 4.74 Å². The van der Waals surface area contributed by atoms with Crippen LogP contribution in [-0.4, -0.2) is 58.1 Å². The first-order valence-corrected chi connectivity index (χ1v) is 10.4. The van der Waals surface area contributed by atoms with Crippen molar-refractivity contribution in [2.45, 2.75) is 44.9 Å². The van der Waals surface area contributed by atoms with Gasteiger partial charge in [0, 0.05) is 49.4 Å². The van der Waals surface area contributed by atoms with Gasteiger partial charge in [0.2, 0.25) is 0 Å². The molecule has 0 unspecified atom stereocenters. The molecule has 0 radical (unpaired) electrons. The Balaban J connectivity index is 1.40. The number of hydrogen-bond donors (Lipinski definition) is 1. The van der Waals surface area contributed by atoms with Crippen LogP contribution in [0.25, 0.3) is 11.3 Å². The van der Waals surface area contributed by atoms with E-state index in [9.17, 15) is 8.78 Å². The van der Waals surface area contributed by atoms with E-state index in [4.69, 9.17) is 15.6 Å². The molecule has 0 amide bonds. The van der Waals surface area contributed by atoms with Crippen molar-refractivity contribution in [3.8, 4) is 17.0 Å². The van der Waals surface area contributed by atoms with Gasteiger partial charge in [-0.15, -0.1) is 0 Å². The summed E-state index contributed by atoms with van der Waals surface area (Å²) in [6, 6.07) is 4.34. The summed E-state index contributed by atoms with van der Waals surface area (Å²) in [4.78, 5) is 6.58. The number of ether oxygens (including phenoxy) is 2. The third-order valence-corrected chi connectivity index (χ3v) is 6.42. The monoisotopic (exact) mass is 419 g/mol. The van der Waals surface area contributed by atoms with Gasteiger partial charge in [-0.05, 0) is 37.8 Å². The lowest BCUT2D eigenvalue weighted by molar-refractivity contribution is -0.158. The number of nitrogens with two attached hydrogens (primary N) is 1. The van der Waals surface area contributed by atoms with E-state index in [1.54, 1.807) is 6.20 Å². The molecular weight excluding hydrogens is 392 g/mol. The van der Waals surface area contributed by atoms with Crippen LogP contribution in [0.4, 0.5) is 14.6 Å². The molecule has 3 aliphatic rings. The number of likely N-dealkylation sites (tertiary alicyclic amines) is 1. The highest BCUT2D eigenvalue weighted by molar-refractivity contribution is 5.64. The van der Waals surface area contributed by atoms with Crippen molar-refractivity contribution in [3.05, 3.63) is 24.0 Å². The summed E-state index contributed by atoms with van der Waals surface area (Å²) in [5.41, 5.74) is 8.24. The molecule has 5 rings (SSSR count). The number of nitrogens with zero attached hydrogens (tertiary/aromatic N) is 4. The van der Waals surface area contributed by atoms with Gasteiger partial charge < -0.3 is 15.2 Å². The van der Waals surface area contributed by atoms with Crippen molar-refractivity contribution in [2.24, 2.45) is 11.8 Å². The van der Waals surface area contributed by atoms with Gasteiger partial charge in [0.1, 0.15) is 0 Å². The van der Waals surface area contributed by atoms with E-state index in [2.05, 4.69) is 39.2 Å². The Morgan fingerprint density at radius 3 is 2.50 bits per heavy atom. The van der Waals surface area contributed by atoms with Crippen molar-refractivity contribution in [2.75, 3.05) is 32.0 Å². The molecule has 3 fully saturated rings. The van der Waals surface area contributed by atoms with Gasteiger partial charge in [-0.1, -0.05) is 0 Å². The van der Waals surface area contributed by atoms with Crippen LogP contribution in [0.5, 0.6) is 5.75 Å². The second kappa shape index (κ2) is 6.88. The molecule has 7 nitrogen and oxygen atoms in total. The van der Waals surface area contributed by atoms with Crippen LogP contribution in [0.2, 0.25) is 0 Å². The predicted molar refractivity (Wildman–Crippen MR) is 107 cm³/mol. The van der Waals surface area contributed by atoms with Crippen LogP contribution in [0.1, 0.15) is 38.4 Å². The number of nitrogen functional groups attached to an aromatic ring is 1. The molecule has 0 aromatic carbocycles. The zero-order valence-electron chi connectivity index (χ0n) is 17.4. The zero-order chi connectivity index (χ0) is 21.2. The molecule has 2 saturated heterocycles. The maximum atomic E-state index is 13.3. The van der Waals surface area contributed by atoms with Gasteiger partial charge in [-0.2, -0.15) is 13.9 Å². The lowest BCUT2D eigenvalue weighted by Gasteiger charge is -2.35. The maximum absolute atomic E-state index is 13.3. The fraction of sp³-hybridized carbons (Fsp3) is 0.619. The molecular formula is C21H27F2N5O2. The van der Waals surface area contributed by atoms with E-state index in [1.807, 2.05) is 0 Å². The van der Waals surface area contributed by atoms with Gasteiger partial charge >= 0.3 is 6.11 Å². The third-order valence-electron chi connectivity index (χ3n) is 6.42. The Morgan fingerprint density at radius 1 is 1.23 bits per heavy atom. The molecule has 30 heavy (non-hydrogen) atoms. The number of piperidine rings is 1. The quantitative estimate of drug-likeness (QED) is 0.775. The van der Waals surface area contributed by atoms with Crippen molar-refractivity contribution >= 4 is 5.82 Å². The molecule has 2 aromatic heterocycles. The van der Waals surface area contributed by atoms with E-state index in [0.29, 0.717) is 42.0 Å². The Labute approximate surface area is 174 Å². The Bertz CT molecular complexity index is 941. The smallest absolute Gasteiger partial charge is 0.395 e. The minimum absolute atomic E-state index is 0.0689. The molecule has 2 N–H and O–H groups in total. The molecule has 9 heteroatoms. The van der Waals surface area contributed by atoms with Crippen molar-refractivity contribution in [1.29, 1.82) is 0 Å². The minimum Gasteiger partial charge on any atom is -0.429 e. The number of halogens is 2. The van der Waals surface area contributed by atoms with Crippen molar-refractivity contribution in [3.63, 3.8) is 0 Å². The van der Waals surface area contributed by atoms with Crippen LogP contribution < -0.4 is 10.5 Å². The predicted octanol–water partition coefficient (Wildman–Crippen LogP) is 3.14. The fourth-order valence-corrected chi connectivity index (χ4v) is 4.81. The number of pyridine rings is 1. The number of fused-ring (bicyclic) bond motifs is 1. The van der Waals surface area contributed by atoms with Crippen LogP contribution in [0.3, 0.4) is 0 Å². The Hall–Kier alpha value is -2.26. The van der Waals surface area contributed by atoms with Gasteiger partial charge in [0.25, 0.3) is 0 Å². The second-order valence-corrected chi connectivity index (χ2v) is 9.01. The summed E-state index contributed by atoms with van der Waals surface area (Å²) in [7, 11) is 0. The largest absolute Gasteiger partial charge is 0.429 e. The molecule has 0 spiro atoms. The molecule has 162 valence electrons. The second-order valence-electron chi connectivity index (χ2n) is 9.01. The molecule has 2 aromatic rings. The number of rotatable bonds is 6. The lowest BCUT2D eigenvalue weighted by atomic mass is 10.1. The first-order chi connectivity index (χ1) is 14.2. The van der Waals surface area contributed by atoms with Gasteiger partial charge in [-0.25, -0.2) is 4.98 Å². The van der Waals surface area contributed by atoms with Crippen LogP contribution in [0, 0.1) is 11.8 Å². The number of alkyl halides is 2. The highest BCUT2D eigenvalue weighted by Crippen LogP contribution is 2.59. The van der Waals surface area contributed by atoms with E-state index in [1.165, 1.54) is 11.8 Å². The summed E-state index contributed by atoms with van der Waals surface area (Å²) in [5, 5.41) is 4.78. The van der Waals surface area contributed by atoms with Gasteiger partial charge in [0.05, 0.1) is 24.9 Å². The summed E-state index contributed by atoms with van der Waals surface area (Å²) in [6.07, 6.45) is -1.78. The van der Waals surface area contributed by atoms with Crippen molar-refractivity contribution in [1.82, 2.24) is 19.7 Å². The van der Waals surface area contributed by atoms with E-state index in [0.717, 1.165) is 26.3 Å². The molecule has 3 atom stereocenters. The highest BCUT2D eigenvalue weighted by atomic mass is 19.3. The molecule has 1 aliphatic carbocycles. The van der Waals surface area contributed by atoms with Crippen LogP contribution in [0.15, 0.2) is 18.3 Å². The summed E-state index contributed by atoms with van der Waals surface area (Å²) >= 11 is 0. The number of anilines is 1. The first kappa shape index (κ1) is 19.7. The normalized spacial score (nSPS) is 26.7. The average molecular weight is 419 g/mol. The Morgan fingerprint density at radius 2 is 1.93 bits per heavy atom. The molecule has 4 heterocycles. The summed E-state index contributed by atoms with van der Waals surface area (Å²) < 4.78 is 38.7. The fourth-order valence-electron chi connectivity index (χ4n) is 4.81. The molecule has 1 saturated carbocycles. The SMILES string of the molecule is CC(C)n1nc(-c2cnc(N)c(OC(C)(F)F)c2)cc1[C@H]1[C@@H]2CN(C3COC3)C[C@@H]21. The average Bonchev–Trinajstić information content (AvgIpc) is 2.97. The minimum atomic E-state index is -3.33. The topological polar surface area (TPSA) is 78.4 Å². The molecule has 2 aliphatic heterocycles. The zero-order valence-corrected chi connectivity index (χ0v) is 17.4. The highest BCUT2D eigenvalue weighted by Gasteiger charge is 2.58. The standard InChI is InChI=1S/C21H27F2N5O2/c1-11(2)28-17(19-14-7-27(8-15(14)19)13-9-29-10-13)5-16(26-28)12-4-18(20(24)25-6-12)30-21(3,22)23/h4-6,11,13-15,19H,7-10H2,1-3H3,(H2,24,25)/t14-,15+,19+. The van der Waals surface area contributed by atoms with Crippen LogP contribution >= 0.6 is 0 Å². The van der Waals surface area contributed by atoms with Gasteiger partial charge in [-0.3, -0.25) is 9.58 Å². The van der Waals surface area contributed by atoms with E-state index >= 15 is 0 Å². The number of aromatic nitrogens is 3.